The van der Waals surface area contributed by atoms with Crippen LogP contribution in [0, 0.1) is 6.92 Å². The smallest absolute Gasteiger partial charge is 0.153 e. The highest BCUT2D eigenvalue weighted by molar-refractivity contribution is 5.33. The van der Waals surface area contributed by atoms with Gasteiger partial charge in [-0.25, -0.2) is 9.67 Å². The van der Waals surface area contributed by atoms with Crippen LogP contribution in [-0.4, -0.2) is 20.8 Å². The topological polar surface area (TPSA) is 42.7 Å². The van der Waals surface area contributed by atoms with Gasteiger partial charge in [-0.2, -0.15) is 5.10 Å². The van der Waals surface area contributed by atoms with Crippen LogP contribution in [0.15, 0.2) is 24.5 Å². The summed E-state index contributed by atoms with van der Waals surface area (Å²) in [4.78, 5) is 4.79. The number of aromatic nitrogens is 3. The van der Waals surface area contributed by atoms with E-state index >= 15 is 0 Å². The summed E-state index contributed by atoms with van der Waals surface area (Å²) in [5.41, 5.74) is 3.49. The molecule has 1 N–H and O–H groups in total. The van der Waals surface area contributed by atoms with Gasteiger partial charge in [0.2, 0.25) is 0 Å². The van der Waals surface area contributed by atoms with Gasteiger partial charge in [0.15, 0.2) is 5.82 Å². The van der Waals surface area contributed by atoms with Crippen molar-refractivity contribution in [1.29, 1.82) is 0 Å². The summed E-state index contributed by atoms with van der Waals surface area (Å²) < 4.78 is 1.85. The minimum Gasteiger partial charge on any atom is -0.310 e. The van der Waals surface area contributed by atoms with Crippen LogP contribution in [0.4, 0.5) is 0 Å². The maximum Gasteiger partial charge on any atom is 0.153 e. The molecule has 0 saturated heterocycles. The normalized spacial score (nSPS) is 12.1. The van der Waals surface area contributed by atoms with E-state index in [1.165, 1.54) is 5.56 Å². The van der Waals surface area contributed by atoms with Gasteiger partial charge in [0.1, 0.15) is 0 Å². The lowest BCUT2D eigenvalue weighted by atomic mass is 9.90. The Balaban J connectivity index is 2.42. The monoisotopic (exact) mass is 286 g/mol. The molecule has 0 aliphatic carbocycles. The molecule has 114 valence electrons. The van der Waals surface area contributed by atoms with Gasteiger partial charge < -0.3 is 5.32 Å². The molecule has 0 spiro atoms. The zero-order chi connectivity index (χ0) is 15.6. The Labute approximate surface area is 127 Å². The van der Waals surface area contributed by atoms with E-state index in [9.17, 15) is 0 Å². The summed E-state index contributed by atoms with van der Waals surface area (Å²) >= 11 is 0. The van der Waals surface area contributed by atoms with E-state index in [1.807, 2.05) is 24.0 Å². The first-order valence-corrected chi connectivity index (χ1v) is 7.52. The summed E-state index contributed by atoms with van der Waals surface area (Å²) in [6.45, 7) is 13.8. The lowest BCUT2D eigenvalue weighted by molar-refractivity contribution is 0.558. The van der Waals surface area contributed by atoms with Crippen molar-refractivity contribution in [3.8, 4) is 5.82 Å². The van der Waals surface area contributed by atoms with Crippen LogP contribution in [0.25, 0.3) is 5.82 Å². The van der Waals surface area contributed by atoms with Gasteiger partial charge in [-0.3, -0.25) is 0 Å². The van der Waals surface area contributed by atoms with Crippen LogP contribution in [0.1, 0.15) is 51.4 Å². The van der Waals surface area contributed by atoms with Crippen LogP contribution >= 0.6 is 0 Å². The van der Waals surface area contributed by atoms with Gasteiger partial charge in [0.05, 0.1) is 6.20 Å². The Hall–Kier alpha value is -1.68. The second kappa shape index (κ2) is 5.98. The molecule has 2 rings (SSSR count). The Bertz CT molecular complexity index is 605. The van der Waals surface area contributed by atoms with E-state index in [4.69, 9.17) is 4.98 Å². The largest absolute Gasteiger partial charge is 0.310 e. The molecule has 0 unspecified atom stereocenters. The van der Waals surface area contributed by atoms with Gasteiger partial charge in [0.25, 0.3) is 0 Å². The number of rotatable bonds is 4. The predicted octanol–water partition coefficient (Wildman–Crippen LogP) is 3.37. The fraction of sp³-hybridized carbons (Fsp3) is 0.529. The summed E-state index contributed by atoms with van der Waals surface area (Å²) in [6.07, 6.45) is 3.87. The second-order valence-electron chi connectivity index (χ2n) is 6.97. The summed E-state index contributed by atoms with van der Waals surface area (Å²) in [7, 11) is 0. The van der Waals surface area contributed by atoms with Gasteiger partial charge in [-0.05, 0) is 30.2 Å². The maximum atomic E-state index is 4.79. The van der Waals surface area contributed by atoms with Crippen molar-refractivity contribution in [1.82, 2.24) is 20.1 Å². The molecule has 0 aliphatic heterocycles. The third-order valence-corrected chi connectivity index (χ3v) is 3.30. The molecule has 2 aromatic rings. The number of aryl methyl sites for hydroxylation is 1. The van der Waals surface area contributed by atoms with Gasteiger partial charge >= 0.3 is 0 Å². The van der Waals surface area contributed by atoms with Crippen molar-refractivity contribution in [2.75, 3.05) is 0 Å². The van der Waals surface area contributed by atoms with Crippen molar-refractivity contribution in [2.24, 2.45) is 0 Å². The highest BCUT2D eigenvalue weighted by Crippen LogP contribution is 2.23. The molecule has 0 fully saturated rings. The van der Waals surface area contributed by atoms with E-state index in [0.717, 1.165) is 23.6 Å². The minimum atomic E-state index is 0.0186. The van der Waals surface area contributed by atoms with Crippen LogP contribution < -0.4 is 5.32 Å². The number of nitrogens with zero attached hydrogens (tertiary/aromatic N) is 3. The van der Waals surface area contributed by atoms with Gasteiger partial charge in [0, 0.05) is 29.9 Å². The highest BCUT2D eigenvalue weighted by atomic mass is 15.3. The molecule has 2 heterocycles. The molecular weight excluding hydrogens is 260 g/mol. The van der Waals surface area contributed by atoms with Crippen molar-refractivity contribution >= 4 is 0 Å². The standard InChI is InChI=1S/C17H26N4/c1-12(2)18-10-14-7-15(17(4,5)6)20-16(8-14)21-11-13(3)9-19-21/h7-9,11-12,18H,10H2,1-6H3. The Kier molecular flexibility index (Phi) is 4.47. The molecule has 0 saturated carbocycles. The first-order valence-electron chi connectivity index (χ1n) is 7.52. The molecular formula is C17H26N4. The SMILES string of the molecule is Cc1cnn(-c2cc(CNC(C)C)cc(C(C)(C)C)n2)c1. The van der Waals surface area contributed by atoms with Crippen LogP contribution in [0.3, 0.4) is 0 Å². The van der Waals surface area contributed by atoms with Gasteiger partial charge in [-0.15, -0.1) is 0 Å². The fourth-order valence-corrected chi connectivity index (χ4v) is 2.03. The summed E-state index contributed by atoms with van der Waals surface area (Å²) in [6, 6.07) is 4.76. The predicted molar refractivity (Wildman–Crippen MR) is 86.8 cm³/mol. The third-order valence-electron chi connectivity index (χ3n) is 3.30. The minimum absolute atomic E-state index is 0.0186. The molecule has 21 heavy (non-hydrogen) atoms. The average Bonchev–Trinajstić information content (AvgIpc) is 2.82. The molecule has 4 nitrogen and oxygen atoms in total. The molecule has 0 bridgehead atoms. The van der Waals surface area contributed by atoms with Crippen molar-refractivity contribution in [2.45, 2.75) is 59.5 Å². The highest BCUT2D eigenvalue weighted by Gasteiger charge is 2.18. The molecule has 0 amide bonds. The zero-order valence-corrected chi connectivity index (χ0v) is 13.9. The van der Waals surface area contributed by atoms with Crippen LogP contribution in [0.2, 0.25) is 0 Å². The number of nitrogens with one attached hydrogen (secondary N) is 1. The fourth-order valence-electron chi connectivity index (χ4n) is 2.03. The quantitative estimate of drug-likeness (QED) is 0.937. The Morgan fingerprint density at radius 2 is 1.95 bits per heavy atom. The van der Waals surface area contributed by atoms with Gasteiger partial charge in [-0.1, -0.05) is 34.6 Å². The number of hydrogen-bond acceptors (Lipinski definition) is 3. The van der Waals surface area contributed by atoms with E-state index in [2.05, 4.69) is 57.2 Å². The van der Waals surface area contributed by atoms with Crippen molar-refractivity contribution in [3.63, 3.8) is 0 Å². The molecule has 2 aromatic heterocycles. The zero-order valence-electron chi connectivity index (χ0n) is 13.9. The van der Waals surface area contributed by atoms with Crippen molar-refractivity contribution in [3.05, 3.63) is 41.3 Å². The number of pyridine rings is 1. The van der Waals surface area contributed by atoms with E-state index in [0.29, 0.717) is 6.04 Å². The molecule has 0 atom stereocenters. The third kappa shape index (κ3) is 4.14. The first-order chi connectivity index (χ1) is 9.75. The molecule has 0 aromatic carbocycles. The molecule has 0 radical (unpaired) electrons. The second-order valence-corrected chi connectivity index (χ2v) is 6.97. The Morgan fingerprint density at radius 3 is 2.48 bits per heavy atom. The van der Waals surface area contributed by atoms with Crippen LogP contribution in [-0.2, 0) is 12.0 Å². The average molecular weight is 286 g/mol. The van der Waals surface area contributed by atoms with Crippen molar-refractivity contribution < 1.29 is 0 Å². The van der Waals surface area contributed by atoms with E-state index in [1.54, 1.807) is 0 Å². The molecule has 0 aliphatic rings. The van der Waals surface area contributed by atoms with E-state index in [-0.39, 0.29) is 5.41 Å². The lowest BCUT2D eigenvalue weighted by Gasteiger charge is -2.20. The summed E-state index contributed by atoms with van der Waals surface area (Å²) in [5.74, 6) is 0.885. The first kappa shape index (κ1) is 15.7. The maximum absolute atomic E-state index is 4.79. The number of hydrogen-bond donors (Lipinski definition) is 1. The lowest BCUT2D eigenvalue weighted by Crippen LogP contribution is -2.23. The van der Waals surface area contributed by atoms with E-state index < -0.39 is 0 Å². The summed E-state index contributed by atoms with van der Waals surface area (Å²) in [5, 5.41) is 7.85. The van der Waals surface area contributed by atoms with Crippen LogP contribution in [0.5, 0.6) is 0 Å². The Morgan fingerprint density at radius 1 is 1.24 bits per heavy atom. The molecule has 4 heteroatoms.